The molecule has 2 amide bonds. The lowest BCUT2D eigenvalue weighted by Gasteiger charge is -2.29. The molecule has 2 aromatic carbocycles. The molecule has 0 aromatic heterocycles. The van der Waals surface area contributed by atoms with Crippen LogP contribution < -0.4 is 5.32 Å². The summed E-state index contributed by atoms with van der Waals surface area (Å²) in [5.74, 6) is 0.933. The van der Waals surface area contributed by atoms with Gasteiger partial charge in [0.25, 0.3) is 0 Å². The summed E-state index contributed by atoms with van der Waals surface area (Å²) >= 11 is 7.56. The summed E-state index contributed by atoms with van der Waals surface area (Å²) < 4.78 is 0. The van der Waals surface area contributed by atoms with E-state index in [-0.39, 0.29) is 11.8 Å². The lowest BCUT2D eigenvalue weighted by molar-refractivity contribution is -0.138. The smallest absolute Gasteiger partial charge is 0.242 e. The highest BCUT2D eigenvalue weighted by Gasteiger charge is 2.25. The maximum atomic E-state index is 13.0. The van der Waals surface area contributed by atoms with E-state index in [0.717, 1.165) is 24.2 Å². The van der Waals surface area contributed by atoms with Gasteiger partial charge in [-0.05, 0) is 43.5 Å². The number of aryl methyl sites for hydroxylation is 1. The van der Waals surface area contributed by atoms with E-state index >= 15 is 0 Å². The number of unbranched alkanes of at least 4 members (excludes halogenated alkanes) is 1. The molecule has 4 nitrogen and oxygen atoms in total. The van der Waals surface area contributed by atoms with Gasteiger partial charge in [0.05, 0.1) is 5.75 Å². The molecule has 0 unspecified atom stereocenters. The number of carbonyl (C=O) groups is 2. The normalized spacial score (nSPS) is 11.7. The summed E-state index contributed by atoms with van der Waals surface area (Å²) in [4.78, 5) is 27.3. The van der Waals surface area contributed by atoms with Crippen molar-refractivity contribution < 1.29 is 9.59 Å². The Morgan fingerprint density at radius 1 is 1.13 bits per heavy atom. The molecular formula is C24H31ClN2O2S. The van der Waals surface area contributed by atoms with Gasteiger partial charge < -0.3 is 10.2 Å². The Bertz CT molecular complexity index is 826. The zero-order chi connectivity index (χ0) is 21.9. The number of carbonyl (C=O) groups excluding carboxylic acids is 2. The maximum absolute atomic E-state index is 13.0. The lowest BCUT2D eigenvalue weighted by atomic mass is 10.1. The minimum atomic E-state index is -0.537. The summed E-state index contributed by atoms with van der Waals surface area (Å²) in [6, 6.07) is 15.1. The SMILES string of the molecule is CCCCNC(=O)[C@H](C)N(Cc1ccc(Cl)cc1)C(=O)CSCc1cccc(C)c1. The number of nitrogens with zero attached hydrogens (tertiary/aromatic N) is 1. The van der Waals surface area contributed by atoms with Gasteiger partial charge in [-0.15, -0.1) is 11.8 Å². The van der Waals surface area contributed by atoms with Crippen molar-refractivity contribution >= 4 is 35.2 Å². The van der Waals surface area contributed by atoms with E-state index in [9.17, 15) is 9.59 Å². The van der Waals surface area contributed by atoms with Gasteiger partial charge in [0.2, 0.25) is 11.8 Å². The highest BCUT2D eigenvalue weighted by atomic mass is 35.5. The minimum Gasteiger partial charge on any atom is -0.354 e. The van der Waals surface area contributed by atoms with Crippen molar-refractivity contribution in [2.45, 2.75) is 52.0 Å². The zero-order valence-corrected chi connectivity index (χ0v) is 19.6. The summed E-state index contributed by atoms with van der Waals surface area (Å²) in [7, 11) is 0. The fourth-order valence-corrected chi connectivity index (χ4v) is 4.03. The average molecular weight is 447 g/mol. The van der Waals surface area contributed by atoms with E-state index in [1.807, 2.05) is 18.2 Å². The first kappa shape index (κ1) is 24.3. The number of hydrogen-bond donors (Lipinski definition) is 1. The second kappa shape index (κ2) is 12.7. The summed E-state index contributed by atoms with van der Waals surface area (Å²) in [6.45, 7) is 6.94. The van der Waals surface area contributed by atoms with Crippen LogP contribution in [0.3, 0.4) is 0 Å². The summed E-state index contributed by atoms with van der Waals surface area (Å²) in [5, 5.41) is 3.59. The predicted octanol–water partition coefficient (Wildman–Crippen LogP) is 5.22. The van der Waals surface area contributed by atoms with E-state index in [4.69, 9.17) is 11.6 Å². The molecule has 0 aliphatic heterocycles. The molecule has 0 aliphatic rings. The van der Waals surface area contributed by atoms with Crippen LogP contribution in [0.5, 0.6) is 0 Å². The largest absolute Gasteiger partial charge is 0.354 e. The molecule has 162 valence electrons. The van der Waals surface area contributed by atoms with Gasteiger partial charge in [-0.2, -0.15) is 0 Å². The van der Waals surface area contributed by atoms with Crippen molar-refractivity contribution in [1.29, 1.82) is 0 Å². The van der Waals surface area contributed by atoms with Gasteiger partial charge in [-0.3, -0.25) is 9.59 Å². The van der Waals surface area contributed by atoms with Crippen LogP contribution in [0.15, 0.2) is 48.5 Å². The van der Waals surface area contributed by atoms with Crippen molar-refractivity contribution in [3.63, 3.8) is 0 Å². The molecule has 0 bridgehead atoms. The molecule has 30 heavy (non-hydrogen) atoms. The Hall–Kier alpha value is -1.98. The summed E-state index contributed by atoms with van der Waals surface area (Å²) in [5.41, 5.74) is 3.35. The first-order valence-electron chi connectivity index (χ1n) is 10.4. The van der Waals surface area contributed by atoms with Crippen LogP contribution in [0.25, 0.3) is 0 Å². The van der Waals surface area contributed by atoms with Gasteiger partial charge in [0, 0.05) is 23.9 Å². The van der Waals surface area contributed by atoms with Crippen LogP contribution in [0.1, 0.15) is 43.4 Å². The third kappa shape index (κ3) is 8.04. The monoisotopic (exact) mass is 446 g/mol. The van der Waals surface area contributed by atoms with Gasteiger partial charge in [0.1, 0.15) is 6.04 Å². The van der Waals surface area contributed by atoms with Gasteiger partial charge >= 0.3 is 0 Å². The molecular weight excluding hydrogens is 416 g/mol. The second-order valence-electron chi connectivity index (χ2n) is 7.45. The Kier molecular flexibility index (Phi) is 10.2. The van der Waals surface area contributed by atoms with Crippen molar-refractivity contribution in [3.05, 3.63) is 70.2 Å². The molecule has 0 heterocycles. The molecule has 0 saturated carbocycles. The fraction of sp³-hybridized carbons (Fsp3) is 0.417. The standard InChI is InChI=1S/C24H31ClN2O2S/c1-4-5-13-26-24(29)19(3)27(15-20-9-11-22(25)12-10-20)23(28)17-30-16-21-8-6-7-18(2)14-21/h6-12,14,19H,4-5,13,15-17H2,1-3H3,(H,26,29)/t19-/m0/s1. The van der Waals surface area contributed by atoms with Gasteiger partial charge in [-0.25, -0.2) is 0 Å². The van der Waals surface area contributed by atoms with Crippen LogP contribution in [0.2, 0.25) is 5.02 Å². The van der Waals surface area contributed by atoms with E-state index in [1.54, 1.807) is 35.7 Å². The molecule has 1 N–H and O–H groups in total. The van der Waals surface area contributed by atoms with E-state index in [2.05, 4.69) is 37.4 Å². The maximum Gasteiger partial charge on any atom is 0.242 e. The average Bonchev–Trinajstić information content (AvgIpc) is 2.73. The summed E-state index contributed by atoms with van der Waals surface area (Å²) in [6.07, 6.45) is 1.94. The third-order valence-electron chi connectivity index (χ3n) is 4.84. The van der Waals surface area contributed by atoms with Gasteiger partial charge in [-0.1, -0.05) is 66.9 Å². The third-order valence-corrected chi connectivity index (χ3v) is 6.08. The van der Waals surface area contributed by atoms with E-state index in [1.165, 1.54) is 11.1 Å². The fourth-order valence-electron chi connectivity index (χ4n) is 3.05. The van der Waals surface area contributed by atoms with Gasteiger partial charge in [0.15, 0.2) is 0 Å². The number of benzene rings is 2. The molecule has 2 aromatic rings. The Morgan fingerprint density at radius 2 is 1.87 bits per heavy atom. The zero-order valence-electron chi connectivity index (χ0n) is 18.0. The number of amides is 2. The number of hydrogen-bond acceptors (Lipinski definition) is 3. The number of nitrogens with one attached hydrogen (secondary N) is 1. The second-order valence-corrected chi connectivity index (χ2v) is 8.87. The molecule has 0 spiro atoms. The predicted molar refractivity (Wildman–Crippen MR) is 127 cm³/mol. The van der Waals surface area contributed by atoms with Crippen molar-refractivity contribution in [2.75, 3.05) is 12.3 Å². The van der Waals surface area contributed by atoms with Crippen LogP contribution in [0.4, 0.5) is 0 Å². The van der Waals surface area contributed by atoms with E-state index < -0.39 is 6.04 Å². The molecule has 1 atom stereocenters. The first-order valence-corrected chi connectivity index (χ1v) is 11.9. The molecule has 0 fully saturated rings. The first-order chi connectivity index (χ1) is 14.4. The van der Waals surface area contributed by atoms with Crippen LogP contribution in [-0.4, -0.2) is 35.1 Å². The highest BCUT2D eigenvalue weighted by Crippen LogP contribution is 2.18. The molecule has 0 saturated heterocycles. The Morgan fingerprint density at radius 3 is 2.53 bits per heavy atom. The molecule has 2 rings (SSSR count). The topological polar surface area (TPSA) is 49.4 Å². The molecule has 6 heteroatoms. The van der Waals surface area contributed by atoms with Crippen molar-refractivity contribution in [2.24, 2.45) is 0 Å². The molecule has 0 aliphatic carbocycles. The van der Waals surface area contributed by atoms with Crippen LogP contribution in [-0.2, 0) is 21.9 Å². The van der Waals surface area contributed by atoms with Crippen molar-refractivity contribution in [3.8, 4) is 0 Å². The van der Waals surface area contributed by atoms with E-state index in [0.29, 0.717) is 23.9 Å². The lowest BCUT2D eigenvalue weighted by Crippen LogP contribution is -2.48. The minimum absolute atomic E-state index is 0.0410. The molecule has 0 radical (unpaired) electrons. The Labute approximate surface area is 189 Å². The Balaban J connectivity index is 2.03. The highest BCUT2D eigenvalue weighted by molar-refractivity contribution is 7.99. The number of thioether (sulfide) groups is 1. The van der Waals surface area contributed by atoms with Crippen molar-refractivity contribution in [1.82, 2.24) is 10.2 Å². The number of halogens is 1. The number of rotatable bonds is 11. The quantitative estimate of drug-likeness (QED) is 0.481. The van der Waals surface area contributed by atoms with Crippen LogP contribution in [0, 0.1) is 6.92 Å². The van der Waals surface area contributed by atoms with Crippen LogP contribution >= 0.6 is 23.4 Å².